The summed E-state index contributed by atoms with van der Waals surface area (Å²) in [5.41, 5.74) is 4.14. The molecule has 4 rings (SSSR count). The van der Waals surface area contributed by atoms with Crippen LogP contribution in [-0.2, 0) is 20.6 Å². The molecule has 1 amide bonds. The number of nitrogens with zero attached hydrogens (tertiary/aromatic N) is 1. The van der Waals surface area contributed by atoms with E-state index in [4.69, 9.17) is 9.47 Å². The molecule has 1 heterocycles. The van der Waals surface area contributed by atoms with E-state index in [0.29, 0.717) is 17.0 Å². The monoisotopic (exact) mass is 522 g/mol. The molecule has 0 aliphatic carbocycles. The molecule has 2 unspecified atom stereocenters. The van der Waals surface area contributed by atoms with Crippen molar-refractivity contribution in [2.24, 2.45) is 0 Å². The lowest BCUT2D eigenvalue weighted by Crippen LogP contribution is -2.51. The number of benzene rings is 3. The van der Waals surface area contributed by atoms with E-state index in [0.717, 1.165) is 22.4 Å². The number of hydrogen-bond donors (Lipinski definition) is 1. The Labute approximate surface area is 219 Å². The van der Waals surface area contributed by atoms with E-state index >= 15 is 0 Å². The molecule has 0 aromatic heterocycles. The van der Waals surface area contributed by atoms with Gasteiger partial charge in [-0.15, -0.1) is 0 Å². The van der Waals surface area contributed by atoms with Gasteiger partial charge in [-0.3, -0.25) is 9.10 Å². The Morgan fingerprint density at radius 2 is 1.73 bits per heavy atom. The molecule has 8 heteroatoms. The second-order valence-corrected chi connectivity index (χ2v) is 11.6. The number of nitrogens with one attached hydrogen (secondary N) is 1. The third-order valence-electron chi connectivity index (χ3n) is 6.62. The predicted octanol–water partition coefficient (Wildman–Crippen LogP) is 5.10. The van der Waals surface area contributed by atoms with Gasteiger partial charge in [0.05, 0.1) is 31.1 Å². The van der Waals surface area contributed by atoms with Crippen LogP contribution in [0.5, 0.6) is 11.5 Å². The molecule has 1 aliphatic heterocycles. The van der Waals surface area contributed by atoms with Crippen molar-refractivity contribution in [3.05, 3.63) is 89.0 Å². The van der Waals surface area contributed by atoms with Crippen LogP contribution < -0.4 is 19.1 Å². The average Bonchev–Trinajstić information content (AvgIpc) is 2.87. The molecule has 0 bridgehead atoms. The largest absolute Gasteiger partial charge is 0.496 e. The highest BCUT2D eigenvalue weighted by Gasteiger charge is 2.37. The molecule has 0 spiro atoms. The second kappa shape index (κ2) is 10.8. The van der Waals surface area contributed by atoms with Crippen molar-refractivity contribution < 1.29 is 22.7 Å². The molecule has 37 heavy (non-hydrogen) atoms. The summed E-state index contributed by atoms with van der Waals surface area (Å²) in [7, 11) is -2.11. The van der Waals surface area contributed by atoms with E-state index in [1.165, 1.54) is 4.31 Å². The second-order valence-electron chi connectivity index (χ2n) is 9.68. The number of amides is 1. The molecular weight excluding hydrogens is 488 g/mol. The molecule has 0 radical (unpaired) electrons. The Morgan fingerprint density at radius 3 is 2.41 bits per heavy atom. The van der Waals surface area contributed by atoms with E-state index in [9.17, 15) is 13.2 Å². The summed E-state index contributed by atoms with van der Waals surface area (Å²) in [5, 5.41) is 3.04. The molecule has 7 nitrogen and oxygen atoms in total. The highest BCUT2D eigenvalue weighted by atomic mass is 32.2. The smallest absolute Gasteiger partial charge is 0.263 e. The highest BCUT2D eigenvalue weighted by molar-refractivity contribution is 7.92. The molecule has 3 aromatic carbocycles. The predicted molar refractivity (Wildman–Crippen MR) is 146 cm³/mol. The van der Waals surface area contributed by atoms with Gasteiger partial charge in [-0.1, -0.05) is 56.3 Å². The Balaban J connectivity index is 1.58. The minimum atomic E-state index is -3.77. The van der Waals surface area contributed by atoms with Crippen LogP contribution in [0, 0.1) is 6.92 Å². The van der Waals surface area contributed by atoms with Crippen molar-refractivity contribution in [1.82, 2.24) is 5.32 Å². The SMILES string of the molecule is COc1cc(C)c(C(C)NC(=O)C2CN(S(=O)(=O)Cc3ccccc3)c3ccccc3O2)cc1C(C)C. The third-order valence-corrected chi connectivity index (χ3v) is 8.34. The lowest BCUT2D eigenvalue weighted by atomic mass is 9.93. The maximum Gasteiger partial charge on any atom is 0.263 e. The van der Waals surface area contributed by atoms with Gasteiger partial charge in [-0.25, -0.2) is 8.42 Å². The molecule has 1 aliphatic rings. The van der Waals surface area contributed by atoms with E-state index in [2.05, 4.69) is 25.2 Å². The minimum absolute atomic E-state index is 0.108. The summed E-state index contributed by atoms with van der Waals surface area (Å²) in [6.45, 7) is 7.98. The first-order valence-corrected chi connectivity index (χ1v) is 14.0. The van der Waals surface area contributed by atoms with Gasteiger partial charge < -0.3 is 14.8 Å². The van der Waals surface area contributed by atoms with E-state index in [1.54, 1.807) is 43.5 Å². The Bertz CT molecular complexity index is 1370. The number of rotatable bonds is 8. The number of para-hydroxylation sites is 2. The first-order chi connectivity index (χ1) is 17.6. The van der Waals surface area contributed by atoms with Crippen LogP contribution >= 0.6 is 0 Å². The van der Waals surface area contributed by atoms with Crippen molar-refractivity contribution in [2.45, 2.75) is 51.5 Å². The van der Waals surface area contributed by atoms with Gasteiger partial charge >= 0.3 is 0 Å². The molecule has 3 aromatic rings. The summed E-state index contributed by atoms with van der Waals surface area (Å²) in [4.78, 5) is 13.4. The first-order valence-electron chi connectivity index (χ1n) is 12.4. The van der Waals surface area contributed by atoms with E-state index in [1.807, 2.05) is 38.1 Å². The number of sulfonamides is 1. The number of ether oxygens (including phenoxy) is 2. The molecule has 1 N–H and O–H groups in total. The zero-order valence-corrected chi connectivity index (χ0v) is 22.7. The molecular formula is C29H34N2O5S. The summed E-state index contributed by atoms with van der Waals surface area (Å²) in [5.74, 6) is 0.889. The summed E-state index contributed by atoms with van der Waals surface area (Å²) >= 11 is 0. The van der Waals surface area contributed by atoms with Crippen LogP contribution in [0.15, 0.2) is 66.7 Å². The zero-order chi connectivity index (χ0) is 26.7. The van der Waals surface area contributed by atoms with Gasteiger partial charge in [0, 0.05) is 0 Å². The molecule has 0 saturated heterocycles. The number of aryl methyl sites for hydroxylation is 1. The maximum absolute atomic E-state index is 13.5. The van der Waals surface area contributed by atoms with Gasteiger partial charge in [-0.05, 0) is 66.3 Å². The van der Waals surface area contributed by atoms with Crippen LogP contribution in [0.4, 0.5) is 5.69 Å². The Morgan fingerprint density at radius 1 is 1.05 bits per heavy atom. The van der Waals surface area contributed by atoms with Gasteiger partial charge in [-0.2, -0.15) is 0 Å². The highest BCUT2D eigenvalue weighted by Crippen LogP contribution is 2.36. The molecule has 0 saturated carbocycles. The van der Waals surface area contributed by atoms with Crippen LogP contribution in [0.2, 0.25) is 0 Å². The summed E-state index contributed by atoms with van der Waals surface area (Å²) < 4.78 is 39.8. The van der Waals surface area contributed by atoms with E-state index in [-0.39, 0.29) is 30.2 Å². The van der Waals surface area contributed by atoms with Crippen LogP contribution in [0.1, 0.15) is 55.0 Å². The van der Waals surface area contributed by atoms with Crippen molar-refractivity contribution in [1.29, 1.82) is 0 Å². The van der Waals surface area contributed by atoms with Crippen molar-refractivity contribution in [3.63, 3.8) is 0 Å². The van der Waals surface area contributed by atoms with Gasteiger partial charge in [0.25, 0.3) is 5.91 Å². The van der Waals surface area contributed by atoms with E-state index < -0.39 is 16.1 Å². The van der Waals surface area contributed by atoms with Crippen LogP contribution in [0.25, 0.3) is 0 Å². The Kier molecular flexibility index (Phi) is 7.78. The molecule has 196 valence electrons. The van der Waals surface area contributed by atoms with Crippen LogP contribution in [0.3, 0.4) is 0 Å². The number of carbonyl (C=O) groups is 1. The van der Waals surface area contributed by atoms with Crippen LogP contribution in [-0.4, -0.2) is 34.1 Å². The minimum Gasteiger partial charge on any atom is -0.496 e. The number of anilines is 1. The standard InChI is InChI=1S/C29H34N2O5S/c1-19(2)23-16-24(20(3)15-27(23)35-5)21(4)30-29(32)28-17-31(25-13-9-10-14-26(25)36-28)37(33,34)18-22-11-7-6-8-12-22/h6-16,19,21,28H,17-18H2,1-5H3,(H,30,32). The van der Waals surface area contributed by atoms with Crippen molar-refractivity contribution in [3.8, 4) is 11.5 Å². The fourth-order valence-electron chi connectivity index (χ4n) is 4.66. The van der Waals surface area contributed by atoms with Gasteiger partial charge in [0.1, 0.15) is 11.5 Å². The topological polar surface area (TPSA) is 84.9 Å². The summed E-state index contributed by atoms with van der Waals surface area (Å²) in [6.07, 6.45) is -0.994. The fraction of sp³-hybridized carbons (Fsp3) is 0.345. The first kappa shape index (κ1) is 26.5. The van der Waals surface area contributed by atoms with Crippen molar-refractivity contribution >= 4 is 21.6 Å². The maximum atomic E-state index is 13.5. The molecule has 2 atom stereocenters. The number of fused-ring (bicyclic) bond motifs is 1. The average molecular weight is 523 g/mol. The lowest BCUT2D eigenvalue weighted by molar-refractivity contribution is -0.128. The third kappa shape index (κ3) is 5.74. The Hall–Kier alpha value is -3.52. The zero-order valence-electron chi connectivity index (χ0n) is 21.9. The number of hydrogen-bond acceptors (Lipinski definition) is 5. The fourth-order valence-corrected chi connectivity index (χ4v) is 6.24. The number of methoxy groups -OCH3 is 1. The van der Waals surface area contributed by atoms with Gasteiger partial charge in [0.2, 0.25) is 10.0 Å². The normalized spacial score (nSPS) is 16.1. The lowest BCUT2D eigenvalue weighted by Gasteiger charge is -2.35. The van der Waals surface area contributed by atoms with Crippen molar-refractivity contribution in [2.75, 3.05) is 18.0 Å². The van der Waals surface area contributed by atoms with Gasteiger partial charge in [0.15, 0.2) is 6.10 Å². The molecule has 0 fully saturated rings. The number of carbonyl (C=O) groups excluding carboxylic acids is 1. The summed E-state index contributed by atoms with van der Waals surface area (Å²) in [6, 6.07) is 19.7. The quantitative estimate of drug-likeness (QED) is 0.445.